The number of nitrogens with zero attached hydrogens (tertiary/aromatic N) is 1. The van der Waals surface area contributed by atoms with Gasteiger partial charge in [-0.05, 0) is 37.1 Å². The van der Waals surface area contributed by atoms with E-state index in [-0.39, 0.29) is 11.9 Å². The topological polar surface area (TPSA) is 81.6 Å². The van der Waals surface area contributed by atoms with Crippen LogP contribution in [-0.2, 0) is 11.3 Å². The normalized spacial score (nSPS) is 20.2. The van der Waals surface area contributed by atoms with Gasteiger partial charge in [0, 0.05) is 18.3 Å². The summed E-state index contributed by atoms with van der Waals surface area (Å²) in [6.45, 7) is 1.57. The molecule has 0 spiro atoms. The number of piperidine rings is 1. The minimum absolute atomic E-state index is 0.166. The van der Waals surface area contributed by atoms with Gasteiger partial charge in [0.15, 0.2) is 0 Å². The number of ether oxygens (including phenoxy) is 1. The van der Waals surface area contributed by atoms with Crippen LogP contribution in [0, 0.1) is 0 Å². The largest absolute Gasteiger partial charge is 0.497 e. The molecule has 0 bridgehead atoms. The van der Waals surface area contributed by atoms with Gasteiger partial charge in [0.1, 0.15) is 5.75 Å². The number of nitrogens with two attached hydrogens (primary N) is 2. The number of amides is 1. The van der Waals surface area contributed by atoms with E-state index in [0.717, 1.165) is 37.1 Å². The molecule has 5 nitrogen and oxygen atoms in total. The number of hydrogen-bond donors (Lipinski definition) is 2. The lowest BCUT2D eigenvalue weighted by Gasteiger charge is -2.33. The van der Waals surface area contributed by atoms with E-state index in [4.69, 9.17) is 16.2 Å². The molecule has 0 saturated carbocycles. The van der Waals surface area contributed by atoms with E-state index in [1.807, 2.05) is 12.1 Å². The molecule has 0 radical (unpaired) electrons. The number of primary amides is 1. The summed E-state index contributed by atoms with van der Waals surface area (Å²) >= 11 is 0. The zero-order chi connectivity index (χ0) is 13.8. The van der Waals surface area contributed by atoms with E-state index in [1.54, 1.807) is 13.2 Å². The average molecular weight is 263 g/mol. The number of anilines is 1. The number of rotatable bonds is 4. The molecule has 1 atom stereocenters. The highest BCUT2D eigenvalue weighted by Gasteiger charge is 2.26. The summed E-state index contributed by atoms with van der Waals surface area (Å²) < 4.78 is 5.21. The predicted octanol–water partition coefficient (Wildman–Crippen LogP) is 1.12. The fourth-order valence-electron chi connectivity index (χ4n) is 2.63. The van der Waals surface area contributed by atoms with Crippen LogP contribution in [0.25, 0.3) is 0 Å². The number of nitrogen functional groups attached to an aromatic ring is 1. The van der Waals surface area contributed by atoms with Crippen molar-refractivity contribution in [1.82, 2.24) is 4.90 Å². The Labute approximate surface area is 113 Å². The Balaban J connectivity index is 2.14. The highest BCUT2D eigenvalue weighted by Crippen LogP contribution is 2.23. The Morgan fingerprint density at radius 1 is 1.42 bits per heavy atom. The van der Waals surface area contributed by atoms with E-state index in [9.17, 15) is 4.79 Å². The number of likely N-dealkylation sites (tertiary alicyclic amines) is 1. The Bertz CT molecular complexity index is 462. The van der Waals surface area contributed by atoms with Crippen LogP contribution in [0.15, 0.2) is 18.2 Å². The molecule has 104 valence electrons. The van der Waals surface area contributed by atoms with Crippen molar-refractivity contribution in [3.63, 3.8) is 0 Å². The molecule has 1 heterocycles. The van der Waals surface area contributed by atoms with Crippen LogP contribution >= 0.6 is 0 Å². The monoisotopic (exact) mass is 263 g/mol. The van der Waals surface area contributed by atoms with Crippen molar-refractivity contribution in [2.45, 2.75) is 31.8 Å². The molecule has 1 aliphatic heterocycles. The van der Waals surface area contributed by atoms with Gasteiger partial charge >= 0.3 is 0 Å². The second-order valence-electron chi connectivity index (χ2n) is 5.00. The first kappa shape index (κ1) is 13.7. The first-order chi connectivity index (χ1) is 9.10. The van der Waals surface area contributed by atoms with Crippen molar-refractivity contribution in [3.05, 3.63) is 23.8 Å². The van der Waals surface area contributed by atoms with Gasteiger partial charge in [-0.2, -0.15) is 0 Å². The van der Waals surface area contributed by atoms with Crippen LogP contribution in [-0.4, -0.2) is 30.5 Å². The third-order valence-corrected chi connectivity index (χ3v) is 3.55. The molecule has 0 aliphatic carbocycles. The molecule has 5 heteroatoms. The van der Waals surface area contributed by atoms with Crippen molar-refractivity contribution < 1.29 is 9.53 Å². The van der Waals surface area contributed by atoms with E-state index < -0.39 is 0 Å². The molecular weight excluding hydrogens is 242 g/mol. The summed E-state index contributed by atoms with van der Waals surface area (Å²) in [4.78, 5) is 13.6. The summed E-state index contributed by atoms with van der Waals surface area (Å²) in [7, 11) is 1.62. The fraction of sp³-hybridized carbons (Fsp3) is 0.500. The van der Waals surface area contributed by atoms with Crippen LogP contribution in [0.4, 0.5) is 5.69 Å². The van der Waals surface area contributed by atoms with Gasteiger partial charge in [-0.3, -0.25) is 9.69 Å². The summed E-state index contributed by atoms with van der Waals surface area (Å²) in [5.74, 6) is 0.498. The second-order valence-corrected chi connectivity index (χ2v) is 5.00. The van der Waals surface area contributed by atoms with Gasteiger partial charge in [-0.25, -0.2) is 0 Å². The molecule has 1 aromatic rings. The van der Waals surface area contributed by atoms with E-state index in [1.165, 1.54) is 0 Å². The molecule has 1 amide bonds. The molecule has 2 rings (SSSR count). The maximum Gasteiger partial charge on any atom is 0.234 e. The molecule has 1 aliphatic rings. The third-order valence-electron chi connectivity index (χ3n) is 3.55. The molecule has 1 unspecified atom stereocenters. The molecule has 1 saturated heterocycles. The highest BCUT2D eigenvalue weighted by molar-refractivity contribution is 5.79. The van der Waals surface area contributed by atoms with Gasteiger partial charge in [-0.15, -0.1) is 0 Å². The van der Waals surface area contributed by atoms with Crippen LogP contribution in [0.5, 0.6) is 5.75 Å². The zero-order valence-electron chi connectivity index (χ0n) is 11.3. The number of carbonyl (C=O) groups excluding carboxylic acids is 1. The molecule has 4 N–H and O–H groups in total. The van der Waals surface area contributed by atoms with Gasteiger partial charge < -0.3 is 16.2 Å². The van der Waals surface area contributed by atoms with Crippen molar-refractivity contribution in [1.29, 1.82) is 0 Å². The van der Waals surface area contributed by atoms with Crippen LogP contribution in [0.1, 0.15) is 24.8 Å². The first-order valence-corrected chi connectivity index (χ1v) is 6.57. The molecule has 0 aromatic heterocycles. The van der Waals surface area contributed by atoms with Crippen molar-refractivity contribution in [3.8, 4) is 5.75 Å². The Hall–Kier alpha value is -1.75. The summed E-state index contributed by atoms with van der Waals surface area (Å²) in [5, 5.41) is 0. The van der Waals surface area contributed by atoms with Crippen molar-refractivity contribution in [2.24, 2.45) is 5.73 Å². The average Bonchev–Trinajstić information content (AvgIpc) is 2.38. The lowest BCUT2D eigenvalue weighted by Crippen LogP contribution is -2.47. The standard InChI is InChI=1S/C14H21N3O2/c1-19-12-7-10(6-11(15)8-12)9-17-5-3-2-4-13(17)14(16)18/h6-8,13H,2-5,9,15H2,1H3,(H2,16,18). The fourth-order valence-corrected chi connectivity index (χ4v) is 2.63. The Morgan fingerprint density at radius 2 is 2.21 bits per heavy atom. The second kappa shape index (κ2) is 5.93. The first-order valence-electron chi connectivity index (χ1n) is 6.57. The summed E-state index contributed by atoms with van der Waals surface area (Å²) in [6.07, 6.45) is 3.00. The zero-order valence-corrected chi connectivity index (χ0v) is 11.3. The van der Waals surface area contributed by atoms with Gasteiger partial charge in [-0.1, -0.05) is 6.42 Å². The van der Waals surface area contributed by atoms with Crippen LogP contribution < -0.4 is 16.2 Å². The predicted molar refractivity (Wildman–Crippen MR) is 74.6 cm³/mol. The lowest BCUT2D eigenvalue weighted by atomic mass is 10.0. The maximum absolute atomic E-state index is 11.5. The Morgan fingerprint density at radius 3 is 2.89 bits per heavy atom. The van der Waals surface area contributed by atoms with Gasteiger partial charge in [0.2, 0.25) is 5.91 Å². The van der Waals surface area contributed by atoms with Crippen LogP contribution in [0.2, 0.25) is 0 Å². The van der Waals surface area contributed by atoms with E-state index in [2.05, 4.69) is 4.90 Å². The summed E-state index contributed by atoms with van der Waals surface area (Å²) in [5.41, 5.74) is 13.0. The molecule has 1 aromatic carbocycles. The summed E-state index contributed by atoms with van der Waals surface area (Å²) in [6, 6.07) is 5.48. The Kier molecular flexibility index (Phi) is 4.27. The maximum atomic E-state index is 11.5. The minimum Gasteiger partial charge on any atom is -0.497 e. The molecule has 1 fully saturated rings. The van der Waals surface area contributed by atoms with Gasteiger partial charge in [0.25, 0.3) is 0 Å². The quantitative estimate of drug-likeness (QED) is 0.797. The third kappa shape index (κ3) is 3.38. The van der Waals surface area contributed by atoms with Gasteiger partial charge in [0.05, 0.1) is 13.2 Å². The molecular formula is C14H21N3O2. The number of benzene rings is 1. The SMILES string of the molecule is COc1cc(N)cc(CN2CCCCC2C(N)=O)c1. The molecule has 19 heavy (non-hydrogen) atoms. The number of methoxy groups -OCH3 is 1. The minimum atomic E-state index is -0.240. The van der Waals surface area contributed by atoms with Crippen LogP contribution in [0.3, 0.4) is 0 Å². The highest BCUT2D eigenvalue weighted by atomic mass is 16.5. The van der Waals surface area contributed by atoms with E-state index in [0.29, 0.717) is 12.2 Å². The van der Waals surface area contributed by atoms with E-state index >= 15 is 0 Å². The van der Waals surface area contributed by atoms with Crippen molar-refractivity contribution >= 4 is 11.6 Å². The smallest absolute Gasteiger partial charge is 0.234 e. The van der Waals surface area contributed by atoms with Crippen molar-refractivity contribution in [2.75, 3.05) is 19.4 Å². The lowest BCUT2D eigenvalue weighted by molar-refractivity contribution is -0.124. The number of hydrogen-bond acceptors (Lipinski definition) is 4. The number of carbonyl (C=O) groups is 1.